The minimum atomic E-state index is -4.46. The monoisotopic (exact) mass is 289 g/mol. The number of rotatable bonds is 5. The Morgan fingerprint density at radius 1 is 1.20 bits per heavy atom. The van der Waals surface area contributed by atoms with Gasteiger partial charge in [0.2, 0.25) is 0 Å². The molecule has 0 spiro atoms. The third kappa shape index (κ3) is 4.28. The molecule has 1 heterocycles. The van der Waals surface area contributed by atoms with E-state index >= 15 is 0 Å². The van der Waals surface area contributed by atoms with Crippen LogP contribution in [0.15, 0.2) is 12.3 Å². The summed E-state index contributed by atoms with van der Waals surface area (Å²) in [6.07, 6.45) is -3.41. The van der Waals surface area contributed by atoms with Crippen LogP contribution >= 0.6 is 0 Å². The Morgan fingerprint density at radius 3 is 2.20 bits per heavy atom. The quantitative estimate of drug-likeness (QED) is 0.860. The van der Waals surface area contributed by atoms with Gasteiger partial charge in [-0.2, -0.15) is 13.2 Å². The lowest BCUT2D eigenvalue weighted by Gasteiger charge is -2.26. The molecule has 0 aliphatic rings. The van der Waals surface area contributed by atoms with Gasteiger partial charge in [0.05, 0.1) is 17.6 Å². The van der Waals surface area contributed by atoms with Crippen LogP contribution in [0.25, 0.3) is 0 Å². The lowest BCUT2D eigenvalue weighted by Crippen LogP contribution is -2.25. The van der Waals surface area contributed by atoms with Crippen LogP contribution in [0.3, 0.4) is 0 Å². The Kier molecular flexibility index (Phi) is 5.25. The first-order valence-electron chi connectivity index (χ1n) is 6.69. The first-order valence-corrected chi connectivity index (χ1v) is 6.69. The summed E-state index contributed by atoms with van der Waals surface area (Å²) in [4.78, 5) is 3.32. The van der Waals surface area contributed by atoms with Crippen molar-refractivity contribution in [1.82, 2.24) is 4.98 Å². The van der Waals surface area contributed by atoms with Gasteiger partial charge in [0.25, 0.3) is 0 Å². The van der Waals surface area contributed by atoms with E-state index in [-0.39, 0.29) is 5.69 Å². The van der Waals surface area contributed by atoms with Crippen LogP contribution in [0.5, 0.6) is 0 Å². The summed E-state index contributed by atoms with van der Waals surface area (Å²) < 4.78 is 37.9. The lowest BCUT2D eigenvalue weighted by molar-refractivity contribution is -0.141. The number of nitrogens with zero attached hydrogens (tertiary/aromatic N) is 1. The standard InChI is InChI=1S/C14H22F3N3/c1-8(2)10(9(3)4)6-19-12-5-13(14(15,16)17)20-7-11(12)18/h5,7-10H,6,18H2,1-4H3,(H,19,20). The van der Waals surface area contributed by atoms with E-state index in [0.717, 1.165) is 12.3 Å². The van der Waals surface area contributed by atoms with Crippen LogP contribution in [0.4, 0.5) is 24.5 Å². The van der Waals surface area contributed by atoms with Gasteiger partial charge in [-0.3, -0.25) is 0 Å². The highest BCUT2D eigenvalue weighted by atomic mass is 19.4. The Labute approximate surface area is 117 Å². The number of nitrogens with two attached hydrogens (primary N) is 1. The van der Waals surface area contributed by atoms with Crippen molar-refractivity contribution in [3.63, 3.8) is 0 Å². The molecule has 114 valence electrons. The van der Waals surface area contributed by atoms with Crippen LogP contribution in [0, 0.1) is 17.8 Å². The summed E-state index contributed by atoms with van der Waals surface area (Å²) in [6.45, 7) is 8.99. The van der Waals surface area contributed by atoms with Gasteiger partial charge in [0.15, 0.2) is 0 Å². The summed E-state index contributed by atoms with van der Waals surface area (Å²) in [5, 5.41) is 3.02. The van der Waals surface area contributed by atoms with Crippen LogP contribution in [-0.2, 0) is 6.18 Å². The first kappa shape index (κ1) is 16.6. The average Bonchev–Trinajstić information content (AvgIpc) is 2.29. The zero-order valence-corrected chi connectivity index (χ0v) is 12.3. The molecule has 0 aliphatic carbocycles. The van der Waals surface area contributed by atoms with E-state index in [0.29, 0.717) is 30.0 Å². The number of aromatic nitrogens is 1. The Bertz CT molecular complexity index is 434. The minimum absolute atomic E-state index is 0.226. The number of nitrogen functional groups attached to an aromatic ring is 1. The van der Waals surface area contributed by atoms with Gasteiger partial charge in [0, 0.05) is 6.54 Å². The predicted molar refractivity (Wildman–Crippen MR) is 75.3 cm³/mol. The van der Waals surface area contributed by atoms with Crippen molar-refractivity contribution < 1.29 is 13.2 Å². The highest BCUT2D eigenvalue weighted by molar-refractivity contribution is 5.65. The molecule has 0 saturated heterocycles. The van der Waals surface area contributed by atoms with Crippen molar-refractivity contribution in [3.8, 4) is 0 Å². The van der Waals surface area contributed by atoms with E-state index in [4.69, 9.17) is 5.73 Å². The molecule has 6 heteroatoms. The van der Waals surface area contributed by atoms with E-state index in [1.807, 2.05) is 0 Å². The number of alkyl halides is 3. The lowest BCUT2D eigenvalue weighted by atomic mass is 9.85. The smallest absolute Gasteiger partial charge is 0.396 e. The van der Waals surface area contributed by atoms with E-state index < -0.39 is 11.9 Å². The van der Waals surface area contributed by atoms with Gasteiger partial charge in [-0.25, -0.2) is 4.98 Å². The van der Waals surface area contributed by atoms with Crippen molar-refractivity contribution >= 4 is 11.4 Å². The number of halogens is 3. The van der Waals surface area contributed by atoms with Crippen molar-refractivity contribution in [3.05, 3.63) is 18.0 Å². The number of pyridine rings is 1. The third-order valence-corrected chi connectivity index (χ3v) is 3.47. The highest BCUT2D eigenvalue weighted by Gasteiger charge is 2.33. The Hall–Kier alpha value is -1.46. The maximum absolute atomic E-state index is 12.6. The molecule has 0 saturated carbocycles. The number of hydrogen-bond donors (Lipinski definition) is 2. The average molecular weight is 289 g/mol. The first-order chi connectivity index (χ1) is 9.12. The van der Waals surface area contributed by atoms with E-state index in [9.17, 15) is 13.2 Å². The van der Waals surface area contributed by atoms with Crippen molar-refractivity contribution in [1.29, 1.82) is 0 Å². The van der Waals surface area contributed by atoms with Gasteiger partial charge in [0.1, 0.15) is 5.69 Å². The number of hydrogen-bond acceptors (Lipinski definition) is 3. The summed E-state index contributed by atoms with van der Waals surface area (Å²) in [5.41, 5.74) is 5.26. The van der Waals surface area contributed by atoms with E-state index in [2.05, 4.69) is 38.0 Å². The third-order valence-electron chi connectivity index (χ3n) is 3.47. The van der Waals surface area contributed by atoms with Gasteiger partial charge >= 0.3 is 6.18 Å². The number of nitrogens with one attached hydrogen (secondary N) is 1. The molecule has 1 aromatic heterocycles. The molecular formula is C14H22F3N3. The largest absolute Gasteiger partial charge is 0.433 e. The minimum Gasteiger partial charge on any atom is -0.396 e. The summed E-state index contributed by atoms with van der Waals surface area (Å²) in [7, 11) is 0. The van der Waals surface area contributed by atoms with Gasteiger partial charge in [-0.05, 0) is 23.8 Å². The molecule has 0 amide bonds. The summed E-state index contributed by atoms with van der Waals surface area (Å²) >= 11 is 0. The fourth-order valence-electron chi connectivity index (χ4n) is 2.24. The van der Waals surface area contributed by atoms with Crippen LogP contribution in [0.2, 0.25) is 0 Å². The second-order valence-electron chi connectivity index (χ2n) is 5.69. The summed E-state index contributed by atoms with van der Waals surface area (Å²) in [6, 6.07) is 0.965. The summed E-state index contributed by atoms with van der Waals surface area (Å²) in [5.74, 6) is 1.23. The zero-order valence-electron chi connectivity index (χ0n) is 12.3. The maximum Gasteiger partial charge on any atom is 0.433 e. The molecule has 3 N–H and O–H groups in total. The molecular weight excluding hydrogens is 267 g/mol. The molecule has 0 fully saturated rings. The van der Waals surface area contributed by atoms with Crippen molar-refractivity contribution in [2.45, 2.75) is 33.9 Å². The molecule has 0 unspecified atom stereocenters. The molecule has 3 nitrogen and oxygen atoms in total. The van der Waals surface area contributed by atoms with Crippen molar-refractivity contribution in [2.75, 3.05) is 17.6 Å². The topological polar surface area (TPSA) is 50.9 Å². The molecule has 0 bridgehead atoms. The van der Waals surface area contributed by atoms with Gasteiger partial charge in [-0.1, -0.05) is 27.7 Å². The van der Waals surface area contributed by atoms with Gasteiger partial charge < -0.3 is 11.1 Å². The van der Waals surface area contributed by atoms with Crippen LogP contribution < -0.4 is 11.1 Å². The molecule has 0 atom stereocenters. The Balaban J connectivity index is 2.87. The zero-order chi connectivity index (χ0) is 15.5. The molecule has 1 aromatic rings. The fourth-order valence-corrected chi connectivity index (χ4v) is 2.24. The molecule has 0 aromatic carbocycles. The highest BCUT2D eigenvalue weighted by Crippen LogP contribution is 2.31. The van der Waals surface area contributed by atoms with Crippen molar-refractivity contribution in [2.24, 2.45) is 17.8 Å². The second-order valence-corrected chi connectivity index (χ2v) is 5.69. The fraction of sp³-hybridized carbons (Fsp3) is 0.643. The predicted octanol–water partition coefficient (Wildman–Crippen LogP) is 4.02. The van der Waals surface area contributed by atoms with E-state index in [1.54, 1.807) is 0 Å². The second kappa shape index (κ2) is 6.33. The van der Waals surface area contributed by atoms with E-state index in [1.165, 1.54) is 0 Å². The van der Waals surface area contributed by atoms with Crippen LogP contribution in [-0.4, -0.2) is 11.5 Å². The number of anilines is 2. The van der Waals surface area contributed by atoms with Crippen LogP contribution in [0.1, 0.15) is 33.4 Å². The molecule has 20 heavy (non-hydrogen) atoms. The molecule has 0 radical (unpaired) electrons. The molecule has 1 rings (SSSR count). The normalized spacial score (nSPS) is 12.5. The van der Waals surface area contributed by atoms with Gasteiger partial charge in [-0.15, -0.1) is 0 Å². The SMILES string of the molecule is CC(C)C(CNc1cc(C(F)(F)F)ncc1N)C(C)C. The Morgan fingerprint density at radius 2 is 1.75 bits per heavy atom. The molecule has 0 aliphatic heterocycles. The maximum atomic E-state index is 12.6.